The van der Waals surface area contributed by atoms with Crippen molar-refractivity contribution in [2.24, 2.45) is 5.73 Å². The largest absolute Gasteiger partial charge is 0.481 e. The number of carbonyl (C=O) groups excluding carboxylic acids is 1. The Morgan fingerprint density at radius 2 is 2.05 bits per heavy atom. The Morgan fingerprint density at radius 1 is 1.45 bits per heavy atom. The van der Waals surface area contributed by atoms with Gasteiger partial charge < -0.3 is 26.6 Å². The molecule has 0 bridgehead atoms. The van der Waals surface area contributed by atoms with Gasteiger partial charge in [-0.25, -0.2) is 14.2 Å². The number of nitrogens with zero attached hydrogens (tertiary/aromatic N) is 1. The van der Waals surface area contributed by atoms with Gasteiger partial charge in [0.25, 0.3) is 0 Å². The highest BCUT2D eigenvalue weighted by molar-refractivity contribution is 5.68. The fourth-order valence-electron chi connectivity index (χ4n) is 1.19. The van der Waals surface area contributed by atoms with E-state index in [1.807, 2.05) is 0 Å². The smallest absolute Gasteiger partial charge is 0.405 e. The minimum atomic E-state index is -0.918. The van der Waals surface area contributed by atoms with Crippen molar-refractivity contribution in [1.29, 1.82) is 0 Å². The van der Waals surface area contributed by atoms with Gasteiger partial charge in [0.2, 0.25) is 0 Å². The van der Waals surface area contributed by atoms with Crippen LogP contribution in [-0.4, -0.2) is 34.3 Å². The highest BCUT2D eigenvalue weighted by Crippen LogP contribution is 2.14. The Balaban J connectivity index is 0.000000472. The number of amides is 1. The lowest BCUT2D eigenvalue weighted by atomic mass is 10.2. The number of carboxylic acid groups (broad SMARTS) is 1. The van der Waals surface area contributed by atoms with E-state index < -0.39 is 23.5 Å². The van der Waals surface area contributed by atoms with Gasteiger partial charge in [-0.2, -0.15) is 0 Å². The van der Waals surface area contributed by atoms with E-state index in [1.165, 1.54) is 0 Å². The molecule has 1 amide bonds. The molecule has 0 aliphatic carbocycles. The number of halogens is 1. The van der Waals surface area contributed by atoms with Crippen molar-refractivity contribution in [2.75, 3.05) is 17.6 Å². The van der Waals surface area contributed by atoms with Crippen LogP contribution in [0.3, 0.4) is 0 Å². The summed E-state index contributed by atoms with van der Waals surface area (Å²) < 4.78 is 17.1. The van der Waals surface area contributed by atoms with Crippen molar-refractivity contribution in [3.8, 4) is 0 Å². The third-order valence-corrected chi connectivity index (χ3v) is 1.92. The molecule has 0 aliphatic heterocycles. The molecule has 0 saturated carbocycles. The molecule has 0 atom stereocenters. The van der Waals surface area contributed by atoms with Gasteiger partial charge in [-0.3, -0.25) is 4.79 Å². The molecule has 8 nitrogen and oxygen atoms in total. The van der Waals surface area contributed by atoms with Gasteiger partial charge in [0, 0.05) is 12.6 Å². The number of nitrogen functional groups attached to an aromatic ring is 1. The molecule has 0 saturated heterocycles. The molecule has 0 aromatic carbocycles. The number of nitrogens with two attached hydrogens (primary N) is 2. The lowest BCUT2D eigenvalue weighted by Gasteiger charge is -2.16. The summed E-state index contributed by atoms with van der Waals surface area (Å²) in [5.74, 6) is -1.14. The van der Waals surface area contributed by atoms with Gasteiger partial charge >= 0.3 is 12.1 Å². The van der Waals surface area contributed by atoms with E-state index >= 15 is 0 Å². The first-order chi connectivity index (χ1) is 10.0. The monoisotopic (exact) mass is 316 g/mol. The summed E-state index contributed by atoms with van der Waals surface area (Å²) in [6.45, 7) is 5.49. The predicted octanol–water partition coefficient (Wildman–Crippen LogP) is 1.57. The van der Waals surface area contributed by atoms with Crippen molar-refractivity contribution in [3.05, 3.63) is 18.1 Å². The molecular weight excluding hydrogens is 295 g/mol. The zero-order valence-corrected chi connectivity index (χ0v) is 12.7. The third-order valence-electron chi connectivity index (χ3n) is 1.92. The van der Waals surface area contributed by atoms with E-state index in [1.54, 1.807) is 20.8 Å². The number of aromatic nitrogens is 1. The summed E-state index contributed by atoms with van der Waals surface area (Å²) in [4.78, 5) is 23.9. The number of carbonyl (C=O) groups is 2. The van der Waals surface area contributed by atoms with Crippen LogP contribution in [0.1, 0.15) is 27.2 Å². The van der Waals surface area contributed by atoms with E-state index in [0.717, 1.165) is 12.3 Å². The van der Waals surface area contributed by atoms with Gasteiger partial charge in [0.05, 0.1) is 18.3 Å². The second-order valence-corrected chi connectivity index (χ2v) is 5.20. The molecule has 1 heterocycles. The van der Waals surface area contributed by atoms with Crippen LogP contribution < -0.4 is 16.8 Å². The SMILES string of the molecule is CC(C)(C)OC(N)=O.Nc1cc(F)cnc1NCCC(=O)O. The number of anilines is 2. The molecule has 0 fully saturated rings. The summed E-state index contributed by atoms with van der Waals surface area (Å²) in [5, 5.41) is 11.0. The second-order valence-electron chi connectivity index (χ2n) is 5.20. The van der Waals surface area contributed by atoms with Gasteiger partial charge in [-0.15, -0.1) is 0 Å². The van der Waals surface area contributed by atoms with Crippen molar-refractivity contribution in [1.82, 2.24) is 4.98 Å². The Hall–Kier alpha value is -2.58. The Bertz CT molecular complexity index is 517. The van der Waals surface area contributed by atoms with Crippen LogP contribution >= 0.6 is 0 Å². The van der Waals surface area contributed by atoms with Gasteiger partial charge in [-0.1, -0.05) is 0 Å². The minimum absolute atomic E-state index is 0.0432. The molecule has 1 rings (SSSR count). The number of pyridine rings is 1. The number of hydrogen-bond acceptors (Lipinski definition) is 6. The van der Waals surface area contributed by atoms with Crippen molar-refractivity contribution in [2.45, 2.75) is 32.8 Å². The number of rotatable bonds is 4. The van der Waals surface area contributed by atoms with Crippen LogP contribution in [-0.2, 0) is 9.53 Å². The van der Waals surface area contributed by atoms with E-state index in [-0.39, 0.29) is 18.7 Å². The van der Waals surface area contributed by atoms with Crippen LogP contribution in [0.4, 0.5) is 20.7 Å². The molecule has 1 aromatic rings. The molecule has 1 aromatic heterocycles. The molecule has 0 radical (unpaired) electrons. The van der Waals surface area contributed by atoms with Crippen molar-refractivity contribution < 1.29 is 23.8 Å². The Kier molecular flexibility index (Phi) is 7.64. The minimum Gasteiger partial charge on any atom is -0.481 e. The zero-order chi connectivity index (χ0) is 17.3. The topological polar surface area (TPSA) is 141 Å². The first kappa shape index (κ1) is 19.4. The number of ether oxygens (including phenoxy) is 1. The zero-order valence-electron chi connectivity index (χ0n) is 12.7. The molecule has 0 aliphatic rings. The van der Waals surface area contributed by atoms with Crippen LogP contribution in [0.25, 0.3) is 0 Å². The number of primary amides is 1. The van der Waals surface area contributed by atoms with Crippen LogP contribution in [0, 0.1) is 5.82 Å². The molecule has 22 heavy (non-hydrogen) atoms. The number of carboxylic acids is 1. The molecular formula is C13H21FN4O4. The Morgan fingerprint density at radius 3 is 2.41 bits per heavy atom. The number of nitrogens with one attached hydrogen (secondary N) is 1. The summed E-state index contributed by atoms with van der Waals surface area (Å²) in [7, 11) is 0. The van der Waals surface area contributed by atoms with Crippen molar-refractivity contribution in [3.63, 3.8) is 0 Å². The first-order valence-electron chi connectivity index (χ1n) is 6.36. The maximum atomic E-state index is 12.5. The maximum Gasteiger partial charge on any atom is 0.405 e. The van der Waals surface area contributed by atoms with E-state index in [4.69, 9.17) is 16.6 Å². The lowest BCUT2D eigenvalue weighted by Crippen LogP contribution is -2.27. The van der Waals surface area contributed by atoms with Crippen LogP contribution in [0.5, 0.6) is 0 Å². The number of hydrogen-bond donors (Lipinski definition) is 4. The second kappa shape index (κ2) is 8.65. The van der Waals surface area contributed by atoms with E-state index in [9.17, 15) is 14.0 Å². The van der Waals surface area contributed by atoms with Crippen molar-refractivity contribution >= 4 is 23.6 Å². The molecule has 6 N–H and O–H groups in total. The third kappa shape index (κ3) is 10.2. The fraction of sp³-hybridized carbons (Fsp3) is 0.462. The molecule has 0 unspecified atom stereocenters. The normalized spacial score (nSPS) is 10.2. The standard InChI is InChI=1S/C8H10FN3O2.C5H11NO2/c9-5-3-6(10)8(12-4-5)11-2-1-7(13)14;1-5(2,3)8-4(6)7/h3-4H,1-2,10H2,(H,11,12)(H,13,14);1-3H3,(H2,6,7). The first-order valence-corrected chi connectivity index (χ1v) is 6.36. The summed E-state index contributed by atoms with van der Waals surface area (Å²) in [5.41, 5.74) is 9.85. The predicted molar refractivity (Wildman–Crippen MR) is 79.8 cm³/mol. The quantitative estimate of drug-likeness (QED) is 0.660. The highest BCUT2D eigenvalue weighted by atomic mass is 19.1. The Labute approximate surface area is 127 Å². The van der Waals surface area contributed by atoms with Gasteiger partial charge in [-0.05, 0) is 20.8 Å². The summed E-state index contributed by atoms with van der Waals surface area (Å²) >= 11 is 0. The maximum absolute atomic E-state index is 12.5. The lowest BCUT2D eigenvalue weighted by molar-refractivity contribution is -0.136. The highest BCUT2D eigenvalue weighted by Gasteiger charge is 2.12. The van der Waals surface area contributed by atoms with E-state index in [2.05, 4.69) is 15.0 Å². The van der Waals surface area contributed by atoms with Crippen LogP contribution in [0.2, 0.25) is 0 Å². The fourth-order valence-corrected chi connectivity index (χ4v) is 1.19. The average Bonchev–Trinajstić information content (AvgIpc) is 2.29. The van der Waals surface area contributed by atoms with Crippen LogP contribution in [0.15, 0.2) is 12.3 Å². The average molecular weight is 316 g/mol. The summed E-state index contributed by atoms with van der Waals surface area (Å²) in [6.07, 6.45) is 0.246. The van der Waals surface area contributed by atoms with Gasteiger partial charge in [0.15, 0.2) is 0 Å². The molecule has 0 spiro atoms. The van der Waals surface area contributed by atoms with E-state index in [0.29, 0.717) is 5.82 Å². The number of aliphatic carboxylic acids is 1. The molecule has 124 valence electrons. The molecule has 9 heteroatoms. The van der Waals surface area contributed by atoms with Gasteiger partial charge in [0.1, 0.15) is 17.2 Å². The summed E-state index contributed by atoms with van der Waals surface area (Å²) in [6, 6.07) is 1.12.